The van der Waals surface area contributed by atoms with Crippen LogP contribution in [0.2, 0.25) is 0 Å². The Kier molecular flexibility index (Phi) is 2.83. The predicted molar refractivity (Wildman–Crippen MR) is 101 cm³/mol. The maximum Gasteiger partial charge on any atom is 0.504 e. The lowest BCUT2D eigenvalue weighted by molar-refractivity contribution is 0.454. The quantitative estimate of drug-likeness (QED) is 0.573. The highest BCUT2D eigenvalue weighted by Crippen LogP contribution is 2.47. The van der Waals surface area contributed by atoms with E-state index in [9.17, 15) is 0 Å². The molecule has 0 bridgehead atoms. The normalized spacial score (nSPS) is 14.5. The molecule has 5 heteroatoms. The van der Waals surface area contributed by atoms with E-state index in [-0.39, 0.29) is 13.1 Å². The van der Waals surface area contributed by atoms with Crippen molar-refractivity contribution in [2.24, 2.45) is 0 Å². The molecule has 1 aliphatic rings. The van der Waals surface area contributed by atoms with E-state index in [0.29, 0.717) is 5.75 Å². The smallest absolute Gasteiger partial charge is 0.504 e. The molecule has 1 N–H and O–H groups in total. The van der Waals surface area contributed by atoms with Crippen molar-refractivity contribution in [3.8, 4) is 11.4 Å². The molecule has 0 aliphatic carbocycles. The van der Waals surface area contributed by atoms with E-state index in [4.69, 9.17) is 9.68 Å². The molecule has 4 aromatic rings. The summed E-state index contributed by atoms with van der Waals surface area (Å²) < 4.78 is 7.60. The molecular weight excluding hydrogens is 311 g/mol. The van der Waals surface area contributed by atoms with Crippen molar-refractivity contribution in [1.29, 1.82) is 0 Å². The number of aromatic nitrogens is 2. The molecule has 2 aromatic heterocycles. The van der Waals surface area contributed by atoms with Gasteiger partial charge in [0.2, 0.25) is 0 Å². The Morgan fingerprint density at radius 3 is 2.80 bits per heavy atom. The minimum absolute atomic E-state index is 0.0907. The number of pyridine rings is 1. The maximum absolute atomic E-state index is 9.07. The van der Waals surface area contributed by atoms with Crippen molar-refractivity contribution in [3.63, 3.8) is 0 Å². The molecule has 0 radical (unpaired) electrons. The minimum Gasteiger partial charge on any atom is -0.539 e. The van der Waals surface area contributed by atoms with Crippen molar-refractivity contribution < 1.29 is 9.68 Å². The first-order valence-corrected chi connectivity index (χ1v) is 8.39. The average Bonchev–Trinajstić information content (AvgIpc) is 2.95. The monoisotopic (exact) mass is 328 g/mol. The van der Waals surface area contributed by atoms with Crippen LogP contribution in [0.1, 0.15) is 25.0 Å². The van der Waals surface area contributed by atoms with Gasteiger partial charge in [-0.2, -0.15) is 0 Å². The molecule has 0 saturated heterocycles. The third kappa shape index (κ3) is 1.79. The van der Waals surface area contributed by atoms with Crippen LogP contribution >= 0.6 is 0 Å². The largest absolute Gasteiger partial charge is 0.539 e. The SMILES string of the molecule is CC1(C)c2ccncc2-n2c3ccc(OBO)cc3c3cccc1c32. The number of hydrogen-bond donors (Lipinski definition) is 1. The first-order valence-electron chi connectivity index (χ1n) is 8.39. The van der Waals surface area contributed by atoms with Crippen LogP contribution in [-0.2, 0) is 5.41 Å². The van der Waals surface area contributed by atoms with Gasteiger partial charge in [0, 0.05) is 22.4 Å². The van der Waals surface area contributed by atoms with Crippen LogP contribution in [0.4, 0.5) is 0 Å². The summed E-state index contributed by atoms with van der Waals surface area (Å²) in [6, 6.07) is 14.6. The molecule has 4 nitrogen and oxygen atoms in total. The molecule has 1 aliphatic heterocycles. The Labute approximate surface area is 146 Å². The summed E-state index contributed by atoms with van der Waals surface area (Å²) in [6.45, 7) is 4.53. The second-order valence-corrected chi connectivity index (χ2v) is 7.01. The molecule has 0 unspecified atom stereocenters. The lowest BCUT2D eigenvalue weighted by Crippen LogP contribution is -2.26. The minimum atomic E-state index is -0.324. The summed E-state index contributed by atoms with van der Waals surface area (Å²) in [4.78, 5) is 4.38. The lowest BCUT2D eigenvalue weighted by atomic mass is 9.75. The Morgan fingerprint density at radius 1 is 1.08 bits per heavy atom. The standard InChI is InChI=1S/C20H17BN2O2/c1-20(2)15-8-9-22-11-18(15)23-17-7-6-12(25-21-24)10-14(17)13-4-3-5-16(20)19(13)23/h3-11,21,24H,1-2H3. The highest BCUT2D eigenvalue weighted by atomic mass is 16.5. The molecule has 0 atom stereocenters. The van der Waals surface area contributed by atoms with Gasteiger partial charge in [-0.25, -0.2) is 0 Å². The molecule has 0 fully saturated rings. The summed E-state index contributed by atoms with van der Waals surface area (Å²) >= 11 is 0. The van der Waals surface area contributed by atoms with Crippen LogP contribution < -0.4 is 4.65 Å². The van der Waals surface area contributed by atoms with Crippen LogP contribution in [0.5, 0.6) is 5.75 Å². The third-order valence-corrected chi connectivity index (χ3v) is 5.38. The topological polar surface area (TPSA) is 47.3 Å². The van der Waals surface area contributed by atoms with Gasteiger partial charge in [-0.15, -0.1) is 0 Å². The number of hydrogen-bond acceptors (Lipinski definition) is 3. The van der Waals surface area contributed by atoms with Crippen molar-refractivity contribution in [2.45, 2.75) is 19.3 Å². The molecule has 25 heavy (non-hydrogen) atoms. The predicted octanol–water partition coefficient (Wildman–Crippen LogP) is 3.46. The van der Waals surface area contributed by atoms with Crippen LogP contribution in [0, 0.1) is 0 Å². The number of para-hydroxylation sites is 1. The summed E-state index contributed by atoms with van der Waals surface area (Å²) in [5, 5.41) is 11.4. The zero-order chi connectivity index (χ0) is 17.2. The number of fused-ring (bicyclic) bond motifs is 5. The molecule has 5 rings (SSSR count). The van der Waals surface area contributed by atoms with Gasteiger partial charge < -0.3 is 14.2 Å². The fourth-order valence-electron chi connectivity index (χ4n) is 4.20. The van der Waals surface area contributed by atoms with E-state index in [2.05, 4.69) is 53.7 Å². The van der Waals surface area contributed by atoms with Gasteiger partial charge in [-0.3, -0.25) is 4.98 Å². The van der Waals surface area contributed by atoms with E-state index in [1.165, 1.54) is 22.0 Å². The van der Waals surface area contributed by atoms with Crippen molar-refractivity contribution in [2.75, 3.05) is 0 Å². The van der Waals surface area contributed by atoms with Gasteiger partial charge in [-0.05, 0) is 35.4 Å². The van der Waals surface area contributed by atoms with E-state index in [0.717, 1.165) is 16.6 Å². The highest BCUT2D eigenvalue weighted by molar-refractivity contribution is 6.18. The Morgan fingerprint density at radius 2 is 1.96 bits per heavy atom. The average molecular weight is 328 g/mol. The fraction of sp³-hybridized carbons (Fsp3) is 0.150. The van der Waals surface area contributed by atoms with Crippen LogP contribution in [-0.4, -0.2) is 22.3 Å². The number of rotatable bonds is 2. The van der Waals surface area contributed by atoms with Crippen molar-refractivity contribution in [3.05, 3.63) is 66.0 Å². The van der Waals surface area contributed by atoms with Gasteiger partial charge in [0.25, 0.3) is 0 Å². The first kappa shape index (κ1) is 14.5. The maximum atomic E-state index is 9.07. The molecule has 3 heterocycles. The van der Waals surface area contributed by atoms with E-state index in [1.807, 2.05) is 24.5 Å². The summed E-state index contributed by atoms with van der Waals surface area (Å²) in [5.74, 6) is 0.671. The van der Waals surface area contributed by atoms with Crippen molar-refractivity contribution >= 4 is 29.5 Å². The molecule has 122 valence electrons. The number of benzene rings is 2. The molecule has 0 spiro atoms. The fourth-order valence-corrected chi connectivity index (χ4v) is 4.20. The van der Waals surface area contributed by atoms with Gasteiger partial charge in [0.05, 0.1) is 22.9 Å². The molecular formula is C20H17BN2O2. The number of nitrogens with zero attached hydrogens (tertiary/aromatic N) is 2. The van der Waals surface area contributed by atoms with Gasteiger partial charge in [-0.1, -0.05) is 32.0 Å². The van der Waals surface area contributed by atoms with E-state index >= 15 is 0 Å². The molecule has 2 aromatic carbocycles. The van der Waals surface area contributed by atoms with Crippen LogP contribution in [0.3, 0.4) is 0 Å². The Hall–Kier alpha value is -2.79. The summed E-state index contributed by atoms with van der Waals surface area (Å²) in [5.41, 5.74) is 5.97. The third-order valence-electron chi connectivity index (χ3n) is 5.38. The second kappa shape index (κ2) is 4.86. The van der Waals surface area contributed by atoms with Crippen molar-refractivity contribution in [1.82, 2.24) is 9.55 Å². The first-order chi connectivity index (χ1) is 12.1. The zero-order valence-electron chi connectivity index (χ0n) is 14.2. The Balaban J connectivity index is 2.00. The lowest BCUT2D eigenvalue weighted by Gasteiger charge is -2.34. The van der Waals surface area contributed by atoms with E-state index in [1.54, 1.807) is 0 Å². The highest BCUT2D eigenvalue weighted by Gasteiger charge is 2.34. The second-order valence-electron chi connectivity index (χ2n) is 7.01. The van der Waals surface area contributed by atoms with Gasteiger partial charge in [0.1, 0.15) is 5.75 Å². The zero-order valence-corrected chi connectivity index (χ0v) is 14.2. The van der Waals surface area contributed by atoms with Crippen LogP contribution in [0.15, 0.2) is 54.9 Å². The van der Waals surface area contributed by atoms with Gasteiger partial charge >= 0.3 is 7.69 Å². The molecule has 0 saturated carbocycles. The summed E-state index contributed by atoms with van der Waals surface area (Å²) in [6.07, 6.45) is 3.81. The van der Waals surface area contributed by atoms with Gasteiger partial charge in [0.15, 0.2) is 0 Å². The molecule has 0 amide bonds. The van der Waals surface area contributed by atoms with Crippen LogP contribution in [0.25, 0.3) is 27.5 Å². The van der Waals surface area contributed by atoms with E-state index < -0.39 is 0 Å². The summed E-state index contributed by atoms with van der Waals surface area (Å²) in [7, 11) is -0.324. The Bertz CT molecular complexity index is 1150.